The van der Waals surface area contributed by atoms with Crippen LogP contribution in [-0.4, -0.2) is 60.1 Å². The van der Waals surface area contributed by atoms with E-state index in [1.807, 2.05) is 13.8 Å². The van der Waals surface area contributed by atoms with Crippen molar-refractivity contribution in [2.75, 3.05) is 39.3 Å². The Kier molecular flexibility index (Phi) is 9.86. The second-order valence-corrected chi connectivity index (χ2v) is 6.11. The monoisotopic (exact) mass is 286 g/mol. The molecule has 0 aliphatic rings. The van der Waals surface area contributed by atoms with Gasteiger partial charge in [-0.15, -0.1) is 0 Å². The lowest BCUT2D eigenvalue weighted by molar-refractivity contribution is -0.147. The molecule has 0 aliphatic carbocycles. The van der Waals surface area contributed by atoms with Crippen LogP contribution in [0.3, 0.4) is 0 Å². The molecule has 4 nitrogen and oxygen atoms in total. The van der Waals surface area contributed by atoms with Gasteiger partial charge in [0.05, 0.1) is 5.41 Å². The van der Waals surface area contributed by atoms with Crippen molar-refractivity contribution in [1.82, 2.24) is 9.80 Å². The van der Waals surface area contributed by atoms with Crippen molar-refractivity contribution in [1.29, 1.82) is 0 Å². The molecule has 0 spiro atoms. The van der Waals surface area contributed by atoms with Crippen LogP contribution in [0.2, 0.25) is 0 Å². The minimum atomic E-state index is -0.693. The van der Waals surface area contributed by atoms with Gasteiger partial charge in [-0.1, -0.05) is 20.8 Å². The van der Waals surface area contributed by atoms with E-state index in [2.05, 4.69) is 30.6 Å². The number of carboxylic acid groups (broad SMARTS) is 1. The lowest BCUT2D eigenvalue weighted by atomic mass is 9.88. The Balaban J connectivity index is 3.90. The zero-order chi connectivity index (χ0) is 15.6. The van der Waals surface area contributed by atoms with Gasteiger partial charge < -0.3 is 14.9 Å². The first kappa shape index (κ1) is 19.4. The van der Waals surface area contributed by atoms with Crippen LogP contribution in [0.5, 0.6) is 0 Å². The molecule has 0 aromatic rings. The first-order valence-corrected chi connectivity index (χ1v) is 8.05. The smallest absolute Gasteiger partial charge is 0.309 e. The molecule has 0 saturated heterocycles. The van der Waals surface area contributed by atoms with Gasteiger partial charge in [0.15, 0.2) is 0 Å². The third-order valence-electron chi connectivity index (χ3n) is 4.15. The van der Waals surface area contributed by atoms with E-state index in [0.717, 1.165) is 52.1 Å². The Labute approximate surface area is 125 Å². The fourth-order valence-corrected chi connectivity index (χ4v) is 2.34. The summed E-state index contributed by atoms with van der Waals surface area (Å²) in [4.78, 5) is 15.9. The molecule has 0 bridgehead atoms. The Morgan fingerprint density at radius 1 is 0.900 bits per heavy atom. The third-order valence-corrected chi connectivity index (χ3v) is 4.15. The van der Waals surface area contributed by atoms with Crippen molar-refractivity contribution >= 4 is 5.97 Å². The van der Waals surface area contributed by atoms with Crippen molar-refractivity contribution in [3.8, 4) is 0 Å². The molecule has 0 rings (SSSR count). The molecule has 0 aromatic carbocycles. The molecule has 0 radical (unpaired) electrons. The van der Waals surface area contributed by atoms with Crippen LogP contribution in [0.4, 0.5) is 0 Å². The summed E-state index contributed by atoms with van der Waals surface area (Å²) in [5, 5.41) is 9.10. The van der Waals surface area contributed by atoms with Crippen LogP contribution in [0.15, 0.2) is 0 Å². The minimum Gasteiger partial charge on any atom is -0.481 e. The Bertz CT molecular complexity index is 263. The number of nitrogens with zero attached hydrogens (tertiary/aromatic N) is 2. The molecule has 4 heteroatoms. The fourth-order valence-electron chi connectivity index (χ4n) is 2.34. The molecule has 0 saturated carbocycles. The summed E-state index contributed by atoms with van der Waals surface area (Å²) in [6.07, 6.45) is 2.89. The Hall–Kier alpha value is -0.610. The van der Waals surface area contributed by atoms with Gasteiger partial charge in [0.25, 0.3) is 0 Å². The van der Waals surface area contributed by atoms with Crippen LogP contribution in [0.25, 0.3) is 0 Å². The molecule has 0 aromatic heterocycles. The zero-order valence-corrected chi connectivity index (χ0v) is 14.1. The van der Waals surface area contributed by atoms with Crippen LogP contribution < -0.4 is 0 Å². The first-order valence-electron chi connectivity index (χ1n) is 8.05. The number of hydrogen-bond acceptors (Lipinski definition) is 3. The summed E-state index contributed by atoms with van der Waals surface area (Å²) < 4.78 is 0. The Morgan fingerprint density at radius 3 is 1.80 bits per heavy atom. The first-order chi connectivity index (χ1) is 9.37. The van der Waals surface area contributed by atoms with Gasteiger partial charge in [-0.05, 0) is 72.4 Å². The zero-order valence-electron chi connectivity index (χ0n) is 14.1. The summed E-state index contributed by atoms with van der Waals surface area (Å²) in [5.41, 5.74) is -0.597. The highest BCUT2D eigenvalue weighted by atomic mass is 16.4. The summed E-state index contributed by atoms with van der Waals surface area (Å²) in [6, 6.07) is 0. The van der Waals surface area contributed by atoms with Gasteiger partial charge in [-0.3, -0.25) is 4.79 Å². The van der Waals surface area contributed by atoms with Crippen molar-refractivity contribution in [2.24, 2.45) is 5.41 Å². The van der Waals surface area contributed by atoms with Gasteiger partial charge in [0.2, 0.25) is 0 Å². The molecule has 0 heterocycles. The molecule has 120 valence electrons. The molecule has 20 heavy (non-hydrogen) atoms. The van der Waals surface area contributed by atoms with Crippen LogP contribution in [0, 0.1) is 5.41 Å². The van der Waals surface area contributed by atoms with Gasteiger partial charge in [-0.25, -0.2) is 0 Å². The molecule has 1 N–H and O–H groups in total. The van der Waals surface area contributed by atoms with Crippen LogP contribution in [-0.2, 0) is 4.79 Å². The summed E-state index contributed by atoms with van der Waals surface area (Å²) in [6.45, 7) is 16.8. The standard InChI is InChI=1S/C16H34N2O2/c1-6-17(7-2)13-10-14-18(8-3)12-9-11-16(4,5)15(19)20/h6-14H2,1-5H3,(H,19,20). The molecule has 0 fully saturated rings. The SMILES string of the molecule is CCN(CC)CCCN(CC)CCCC(C)(C)C(=O)O. The number of carboxylic acids is 1. The summed E-state index contributed by atoms with van der Waals surface area (Å²) >= 11 is 0. The average molecular weight is 286 g/mol. The highest BCUT2D eigenvalue weighted by Crippen LogP contribution is 2.22. The van der Waals surface area contributed by atoms with Gasteiger partial charge in [-0.2, -0.15) is 0 Å². The molecular formula is C16H34N2O2. The number of rotatable bonds is 12. The minimum absolute atomic E-state index is 0.597. The lowest BCUT2D eigenvalue weighted by Crippen LogP contribution is -2.31. The number of aliphatic carboxylic acids is 1. The van der Waals surface area contributed by atoms with E-state index >= 15 is 0 Å². The highest BCUT2D eigenvalue weighted by Gasteiger charge is 2.26. The summed E-state index contributed by atoms with van der Waals surface area (Å²) in [5.74, 6) is -0.693. The van der Waals surface area contributed by atoms with Crippen molar-refractivity contribution in [2.45, 2.75) is 53.9 Å². The summed E-state index contributed by atoms with van der Waals surface area (Å²) in [7, 11) is 0. The third kappa shape index (κ3) is 7.85. The lowest BCUT2D eigenvalue weighted by Gasteiger charge is -2.25. The van der Waals surface area contributed by atoms with Crippen LogP contribution in [0.1, 0.15) is 53.9 Å². The second kappa shape index (κ2) is 10.2. The number of hydrogen-bond donors (Lipinski definition) is 1. The van der Waals surface area contributed by atoms with E-state index < -0.39 is 11.4 Å². The number of carbonyl (C=O) groups is 1. The highest BCUT2D eigenvalue weighted by molar-refractivity contribution is 5.73. The molecule has 0 aliphatic heterocycles. The normalized spacial score (nSPS) is 12.3. The van der Waals surface area contributed by atoms with E-state index in [1.165, 1.54) is 6.42 Å². The van der Waals surface area contributed by atoms with Crippen molar-refractivity contribution < 1.29 is 9.90 Å². The maximum absolute atomic E-state index is 11.1. The maximum Gasteiger partial charge on any atom is 0.309 e. The van der Waals surface area contributed by atoms with Gasteiger partial charge >= 0.3 is 5.97 Å². The predicted molar refractivity (Wildman–Crippen MR) is 85.2 cm³/mol. The van der Waals surface area contributed by atoms with E-state index in [4.69, 9.17) is 5.11 Å². The van der Waals surface area contributed by atoms with Gasteiger partial charge in [0, 0.05) is 0 Å². The van der Waals surface area contributed by atoms with E-state index in [9.17, 15) is 4.79 Å². The fraction of sp³-hybridized carbons (Fsp3) is 0.938. The van der Waals surface area contributed by atoms with Gasteiger partial charge in [0.1, 0.15) is 0 Å². The molecule has 0 amide bonds. The second-order valence-electron chi connectivity index (χ2n) is 6.11. The van der Waals surface area contributed by atoms with Crippen LogP contribution >= 0.6 is 0 Å². The van der Waals surface area contributed by atoms with E-state index in [1.54, 1.807) is 0 Å². The Morgan fingerprint density at radius 2 is 1.35 bits per heavy atom. The topological polar surface area (TPSA) is 43.8 Å². The van der Waals surface area contributed by atoms with Crippen molar-refractivity contribution in [3.63, 3.8) is 0 Å². The quantitative estimate of drug-likeness (QED) is 0.599. The molecule has 0 unspecified atom stereocenters. The van der Waals surface area contributed by atoms with E-state index in [0.29, 0.717) is 0 Å². The predicted octanol–water partition coefficient (Wildman–Crippen LogP) is 2.93. The molecule has 0 atom stereocenters. The molecular weight excluding hydrogens is 252 g/mol. The largest absolute Gasteiger partial charge is 0.481 e. The average Bonchev–Trinajstić information content (AvgIpc) is 2.41. The van der Waals surface area contributed by atoms with E-state index in [-0.39, 0.29) is 0 Å². The van der Waals surface area contributed by atoms with Crippen molar-refractivity contribution in [3.05, 3.63) is 0 Å². The maximum atomic E-state index is 11.1.